The minimum Gasteiger partial charge on any atom is -0.406 e. The van der Waals surface area contributed by atoms with Crippen LogP contribution < -0.4 is 20.7 Å². The summed E-state index contributed by atoms with van der Waals surface area (Å²) in [6.45, 7) is 5.41. The summed E-state index contributed by atoms with van der Waals surface area (Å²) in [6, 6.07) is 14.4. The van der Waals surface area contributed by atoms with Crippen LogP contribution in [0.5, 0.6) is 5.75 Å². The average molecular weight is 459 g/mol. The minimum atomic E-state index is -4.79. The molecule has 0 aliphatic carbocycles. The molecule has 0 aliphatic rings. The lowest BCUT2D eigenvalue weighted by molar-refractivity contribution is -0.274. The molecule has 0 bridgehead atoms. The van der Waals surface area contributed by atoms with E-state index in [-0.39, 0.29) is 17.7 Å². The van der Waals surface area contributed by atoms with Crippen LogP contribution in [0.1, 0.15) is 27.2 Å². The van der Waals surface area contributed by atoms with Crippen molar-refractivity contribution >= 4 is 29.0 Å². The predicted molar refractivity (Wildman–Crippen MR) is 122 cm³/mol. The van der Waals surface area contributed by atoms with Crippen molar-refractivity contribution in [2.45, 2.75) is 39.6 Å². The van der Waals surface area contributed by atoms with E-state index in [1.807, 2.05) is 13.8 Å². The average Bonchev–Trinajstić information content (AvgIpc) is 2.73. The molecule has 10 heteroatoms. The zero-order chi connectivity index (χ0) is 24.0. The van der Waals surface area contributed by atoms with Crippen LogP contribution in [0.15, 0.2) is 54.6 Å². The maximum atomic E-state index is 12.6. The third-order valence-corrected chi connectivity index (χ3v) is 4.56. The van der Waals surface area contributed by atoms with E-state index in [1.54, 1.807) is 36.4 Å². The van der Waals surface area contributed by atoms with Crippen molar-refractivity contribution < 1.29 is 22.7 Å². The Morgan fingerprint density at radius 2 is 1.76 bits per heavy atom. The molecule has 1 aromatic heterocycles. The summed E-state index contributed by atoms with van der Waals surface area (Å²) in [5.41, 5.74) is 2.21. The van der Waals surface area contributed by atoms with E-state index >= 15 is 0 Å². The second-order valence-corrected chi connectivity index (χ2v) is 7.37. The summed E-state index contributed by atoms with van der Waals surface area (Å²) >= 11 is 0. The highest BCUT2D eigenvalue weighted by Crippen LogP contribution is 2.29. The third kappa shape index (κ3) is 7.37. The maximum Gasteiger partial charge on any atom is 0.573 e. The van der Waals surface area contributed by atoms with Gasteiger partial charge in [-0.2, -0.15) is 4.98 Å². The quantitative estimate of drug-likeness (QED) is 0.386. The summed E-state index contributed by atoms with van der Waals surface area (Å²) < 4.78 is 41.9. The van der Waals surface area contributed by atoms with Crippen molar-refractivity contribution in [3.63, 3.8) is 0 Å². The van der Waals surface area contributed by atoms with Crippen molar-refractivity contribution in [2.24, 2.45) is 0 Å². The van der Waals surface area contributed by atoms with Gasteiger partial charge in [-0.25, -0.2) is 4.98 Å². The van der Waals surface area contributed by atoms with Gasteiger partial charge in [0.15, 0.2) is 0 Å². The van der Waals surface area contributed by atoms with Crippen molar-refractivity contribution in [1.29, 1.82) is 0 Å². The van der Waals surface area contributed by atoms with Crippen LogP contribution in [0.4, 0.5) is 36.3 Å². The van der Waals surface area contributed by atoms with Gasteiger partial charge in [-0.05, 0) is 49.7 Å². The number of anilines is 4. The lowest BCUT2D eigenvalue weighted by atomic mass is 10.1. The number of rotatable bonds is 8. The first-order valence-electron chi connectivity index (χ1n) is 10.3. The van der Waals surface area contributed by atoms with Gasteiger partial charge < -0.3 is 20.7 Å². The van der Waals surface area contributed by atoms with E-state index in [1.165, 1.54) is 25.1 Å². The van der Waals surface area contributed by atoms with Gasteiger partial charge >= 0.3 is 6.36 Å². The fourth-order valence-corrected chi connectivity index (χ4v) is 2.89. The number of aromatic nitrogens is 2. The summed E-state index contributed by atoms with van der Waals surface area (Å²) in [7, 11) is 0. The van der Waals surface area contributed by atoms with Gasteiger partial charge in [0, 0.05) is 36.0 Å². The standard InChI is InChI=1S/C23H24F3N5O2/c1-4-14(2)27-22-30-20(16-6-5-7-19(12-16)33-23(24,25)26)13-21(31-22)29-18-10-8-17(9-11-18)28-15(3)32/h5-14H,4H2,1-3H3,(H,28,32)(H2,27,29,30,31)/t14-/m1/s1. The molecule has 3 rings (SSSR count). The zero-order valence-corrected chi connectivity index (χ0v) is 18.3. The fourth-order valence-electron chi connectivity index (χ4n) is 2.89. The number of nitrogens with one attached hydrogen (secondary N) is 3. The Labute approximate surface area is 189 Å². The van der Waals surface area contributed by atoms with Gasteiger partial charge in [0.1, 0.15) is 11.6 Å². The van der Waals surface area contributed by atoms with E-state index < -0.39 is 6.36 Å². The molecule has 2 aromatic carbocycles. The number of carbonyl (C=O) groups excluding carboxylic acids is 1. The monoisotopic (exact) mass is 459 g/mol. The molecule has 33 heavy (non-hydrogen) atoms. The molecule has 1 amide bonds. The molecule has 3 N–H and O–H groups in total. The fraction of sp³-hybridized carbons (Fsp3) is 0.261. The third-order valence-electron chi connectivity index (χ3n) is 4.56. The first-order chi connectivity index (χ1) is 15.6. The minimum absolute atomic E-state index is 0.0879. The Hall–Kier alpha value is -3.82. The summed E-state index contributed by atoms with van der Waals surface area (Å²) in [4.78, 5) is 20.1. The normalized spacial score (nSPS) is 12.1. The first kappa shape index (κ1) is 23.8. The summed E-state index contributed by atoms with van der Waals surface area (Å²) in [6.07, 6.45) is -3.96. The molecule has 0 aliphatic heterocycles. The molecule has 0 spiro atoms. The van der Waals surface area contributed by atoms with Crippen molar-refractivity contribution in [3.05, 3.63) is 54.6 Å². The lowest BCUT2D eigenvalue weighted by Gasteiger charge is -2.15. The molecule has 1 atom stereocenters. The first-order valence-corrected chi connectivity index (χ1v) is 10.3. The molecule has 0 radical (unpaired) electrons. The number of hydrogen-bond acceptors (Lipinski definition) is 6. The molecule has 3 aromatic rings. The van der Waals surface area contributed by atoms with Gasteiger partial charge in [-0.3, -0.25) is 4.79 Å². The largest absolute Gasteiger partial charge is 0.573 e. The lowest BCUT2D eigenvalue weighted by Crippen LogP contribution is -2.17. The van der Waals surface area contributed by atoms with E-state index in [0.717, 1.165) is 6.42 Å². The number of amides is 1. The van der Waals surface area contributed by atoms with Crippen molar-refractivity contribution in [3.8, 4) is 17.0 Å². The SMILES string of the molecule is CC[C@@H](C)Nc1nc(Nc2ccc(NC(C)=O)cc2)cc(-c2cccc(OC(F)(F)F)c2)n1. The van der Waals surface area contributed by atoms with Gasteiger partial charge in [-0.15, -0.1) is 13.2 Å². The van der Waals surface area contributed by atoms with Crippen molar-refractivity contribution in [1.82, 2.24) is 9.97 Å². The zero-order valence-electron chi connectivity index (χ0n) is 18.3. The Balaban J connectivity index is 1.93. The molecular formula is C23H24F3N5O2. The number of benzene rings is 2. The van der Waals surface area contributed by atoms with Crippen LogP contribution in [0.2, 0.25) is 0 Å². The number of hydrogen-bond donors (Lipinski definition) is 3. The number of carbonyl (C=O) groups is 1. The molecular weight excluding hydrogens is 435 g/mol. The van der Waals surface area contributed by atoms with E-state index in [4.69, 9.17) is 0 Å². The molecule has 0 saturated heterocycles. The van der Waals surface area contributed by atoms with E-state index in [9.17, 15) is 18.0 Å². The number of ether oxygens (including phenoxy) is 1. The molecule has 1 heterocycles. The maximum absolute atomic E-state index is 12.6. The van der Waals surface area contributed by atoms with E-state index in [0.29, 0.717) is 34.4 Å². The number of nitrogens with zero attached hydrogens (tertiary/aromatic N) is 2. The van der Waals surface area contributed by atoms with Crippen LogP contribution in [0, 0.1) is 0 Å². The topological polar surface area (TPSA) is 88.2 Å². The van der Waals surface area contributed by atoms with Crippen LogP contribution in [0.25, 0.3) is 11.3 Å². The van der Waals surface area contributed by atoms with Crippen LogP contribution >= 0.6 is 0 Å². The van der Waals surface area contributed by atoms with Gasteiger partial charge in [-0.1, -0.05) is 19.1 Å². The molecule has 174 valence electrons. The van der Waals surface area contributed by atoms with Gasteiger partial charge in [0.25, 0.3) is 0 Å². The van der Waals surface area contributed by atoms with Gasteiger partial charge in [0.2, 0.25) is 11.9 Å². The Kier molecular flexibility index (Phi) is 7.37. The number of halogens is 3. The molecule has 0 saturated carbocycles. The summed E-state index contributed by atoms with van der Waals surface area (Å²) in [5.74, 6) is 0.272. The van der Waals surface area contributed by atoms with Crippen molar-refractivity contribution in [2.75, 3.05) is 16.0 Å². The Morgan fingerprint density at radius 3 is 2.39 bits per heavy atom. The van der Waals surface area contributed by atoms with Crippen LogP contribution in [-0.4, -0.2) is 28.3 Å². The van der Waals surface area contributed by atoms with Gasteiger partial charge in [0.05, 0.1) is 5.69 Å². The number of alkyl halides is 3. The summed E-state index contributed by atoms with van der Waals surface area (Å²) in [5, 5.41) is 9.05. The highest BCUT2D eigenvalue weighted by atomic mass is 19.4. The predicted octanol–water partition coefficient (Wildman–Crippen LogP) is 5.95. The molecule has 0 unspecified atom stereocenters. The van der Waals surface area contributed by atoms with Crippen LogP contribution in [0.3, 0.4) is 0 Å². The van der Waals surface area contributed by atoms with Crippen LogP contribution in [-0.2, 0) is 4.79 Å². The highest BCUT2D eigenvalue weighted by Gasteiger charge is 2.31. The Bertz CT molecular complexity index is 1100. The smallest absolute Gasteiger partial charge is 0.406 e. The Morgan fingerprint density at radius 1 is 1.06 bits per heavy atom. The molecule has 7 nitrogen and oxygen atoms in total. The highest BCUT2D eigenvalue weighted by molar-refractivity contribution is 5.88. The molecule has 0 fully saturated rings. The van der Waals surface area contributed by atoms with E-state index in [2.05, 4.69) is 30.7 Å². The second kappa shape index (κ2) is 10.2. The second-order valence-electron chi connectivity index (χ2n) is 7.37.